The highest BCUT2D eigenvalue weighted by atomic mass is 79.9. The zero-order chi connectivity index (χ0) is 11.7. The van der Waals surface area contributed by atoms with E-state index in [0.29, 0.717) is 16.1 Å². The maximum Gasteiger partial charge on any atom is 0.0745 e. The molecule has 0 aromatic heterocycles. The summed E-state index contributed by atoms with van der Waals surface area (Å²) >= 11 is 15.6. The Kier molecular flexibility index (Phi) is 4.17. The Labute approximate surface area is 114 Å². The summed E-state index contributed by atoms with van der Waals surface area (Å²) in [4.78, 5) is 0.187. The fourth-order valence-corrected chi connectivity index (χ4v) is 2.93. The molecule has 1 nitrogen and oxygen atoms in total. The van der Waals surface area contributed by atoms with Crippen LogP contribution in [0.25, 0.3) is 0 Å². The molecule has 16 heavy (non-hydrogen) atoms. The molecule has 1 aromatic rings. The molecule has 4 heteroatoms. The van der Waals surface area contributed by atoms with Crippen LogP contribution < -0.4 is 0 Å². The van der Waals surface area contributed by atoms with E-state index >= 15 is 0 Å². The predicted octanol–water partition coefficient (Wildman–Crippen LogP) is 5.00. The van der Waals surface area contributed by atoms with Crippen molar-refractivity contribution in [3.8, 4) is 0 Å². The number of hydrogen-bond donors (Lipinski definition) is 0. The summed E-state index contributed by atoms with van der Waals surface area (Å²) in [5.41, 5.74) is 1.12. The smallest absolute Gasteiger partial charge is 0.0745 e. The molecule has 1 aromatic carbocycles. The van der Waals surface area contributed by atoms with Gasteiger partial charge < -0.3 is 4.74 Å². The van der Waals surface area contributed by atoms with Gasteiger partial charge in [-0.3, -0.25) is 0 Å². The number of alkyl halides is 1. The fraction of sp³-hybridized carbons (Fsp3) is 0.500. The van der Waals surface area contributed by atoms with Crippen molar-refractivity contribution in [1.29, 1.82) is 0 Å². The SMILES string of the molecule is CC1CCC(C(Br)c2ccc(Cl)c(Cl)c2)O1. The van der Waals surface area contributed by atoms with Crippen LogP contribution in [0, 0.1) is 0 Å². The number of rotatable bonds is 2. The Morgan fingerprint density at radius 1 is 1.31 bits per heavy atom. The lowest BCUT2D eigenvalue weighted by Gasteiger charge is -2.18. The van der Waals surface area contributed by atoms with E-state index in [9.17, 15) is 0 Å². The molecule has 0 radical (unpaired) electrons. The Balaban J connectivity index is 2.14. The quantitative estimate of drug-likeness (QED) is 0.696. The third kappa shape index (κ3) is 2.73. The first kappa shape index (κ1) is 12.7. The Bertz CT molecular complexity index is 383. The van der Waals surface area contributed by atoms with Gasteiger partial charge in [-0.25, -0.2) is 0 Å². The zero-order valence-electron chi connectivity index (χ0n) is 8.92. The molecule has 0 bridgehead atoms. The molecular formula is C12H13BrCl2O. The number of ether oxygens (including phenoxy) is 1. The minimum absolute atomic E-state index is 0.187. The van der Waals surface area contributed by atoms with Crippen molar-refractivity contribution in [3.63, 3.8) is 0 Å². The summed E-state index contributed by atoms with van der Waals surface area (Å²) in [6, 6.07) is 5.71. The molecule has 1 aliphatic rings. The Hall–Kier alpha value is 0.240. The van der Waals surface area contributed by atoms with Crippen LogP contribution in [0.5, 0.6) is 0 Å². The number of hydrogen-bond acceptors (Lipinski definition) is 1. The first-order chi connectivity index (χ1) is 7.58. The van der Waals surface area contributed by atoms with Crippen LogP contribution in [-0.2, 0) is 4.74 Å². The molecule has 1 heterocycles. The molecule has 1 aliphatic heterocycles. The second-order valence-electron chi connectivity index (χ2n) is 4.14. The lowest BCUT2D eigenvalue weighted by atomic mass is 10.1. The monoisotopic (exact) mass is 322 g/mol. The van der Waals surface area contributed by atoms with Gasteiger partial charge in [0.25, 0.3) is 0 Å². The molecule has 1 fully saturated rings. The van der Waals surface area contributed by atoms with Gasteiger partial charge in [-0.05, 0) is 37.5 Å². The largest absolute Gasteiger partial charge is 0.374 e. The molecule has 0 spiro atoms. The highest BCUT2D eigenvalue weighted by Crippen LogP contribution is 2.37. The summed E-state index contributed by atoms with van der Waals surface area (Å²) in [6.45, 7) is 2.11. The molecule has 0 amide bonds. The van der Waals surface area contributed by atoms with Crippen LogP contribution in [0.2, 0.25) is 10.0 Å². The van der Waals surface area contributed by atoms with Gasteiger partial charge in [0.05, 0.1) is 27.1 Å². The molecule has 0 N–H and O–H groups in total. The van der Waals surface area contributed by atoms with Gasteiger partial charge in [0.2, 0.25) is 0 Å². The molecular weight excluding hydrogens is 311 g/mol. The Morgan fingerprint density at radius 3 is 2.62 bits per heavy atom. The van der Waals surface area contributed by atoms with Crippen molar-refractivity contribution in [2.75, 3.05) is 0 Å². The van der Waals surface area contributed by atoms with E-state index in [2.05, 4.69) is 22.9 Å². The van der Waals surface area contributed by atoms with Crippen molar-refractivity contribution in [2.24, 2.45) is 0 Å². The summed E-state index contributed by atoms with van der Waals surface area (Å²) in [6.07, 6.45) is 2.78. The molecule has 2 rings (SSSR count). The van der Waals surface area contributed by atoms with Crippen molar-refractivity contribution >= 4 is 39.1 Å². The van der Waals surface area contributed by atoms with Crippen LogP contribution in [-0.4, -0.2) is 12.2 Å². The van der Waals surface area contributed by atoms with Crippen LogP contribution in [0.3, 0.4) is 0 Å². The summed E-state index contributed by atoms with van der Waals surface area (Å²) in [5, 5.41) is 1.18. The van der Waals surface area contributed by atoms with E-state index in [1.807, 2.05) is 18.2 Å². The van der Waals surface area contributed by atoms with Gasteiger partial charge in [0.15, 0.2) is 0 Å². The third-order valence-corrected chi connectivity index (χ3v) is 4.71. The minimum Gasteiger partial charge on any atom is -0.374 e. The van der Waals surface area contributed by atoms with Gasteiger partial charge in [0, 0.05) is 0 Å². The lowest BCUT2D eigenvalue weighted by Crippen LogP contribution is -2.14. The Morgan fingerprint density at radius 2 is 2.06 bits per heavy atom. The fourth-order valence-electron chi connectivity index (χ4n) is 1.95. The van der Waals surface area contributed by atoms with Gasteiger partial charge in [0.1, 0.15) is 0 Å². The standard InChI is InChI=1S/C12H13BrCl2O/c1-7-2-5-11(16-7)12(13)8-3-4-9(14)10(15)6-8/h3-4,6-7,11-12H,2,5H2,1H3. The van der Waals surface area contributed by atoms with Crippen LogP contribution >= 0.6 is 39.1 Å². The molecule has 0 aliphatic carbocycles. The van der Waals surface area contributed by atoms with E-state index in [-0.39, 0.29) is 10.9 Å². The molecule has 3 atom stereocenters. The van der Waals surface area contributed by atoms with E-state index in [1.165, 1.54) is 0 Å². The number of halogens is 3. The first-order valence-electron chi connectivity index (χ1n) is 5.32. The maximum absolute atomic E-state index is 6.00. The summed E-state index contributed by atoms with van der Waals surface area (Å²) in [7, 11) is 0. The van der Waals surface area contributed by atoms with Crippen molar-refractivity contribution < 1.29 is 4.74 Å². The third-order valence-electron chi connectivity index (χ3n) is 2.85. The van der Waals surface area contributed by atoms with E-state index < -0.39 is 0 Å². The summed E-state index contributed by atoms with van der Waals surface area (Å²) < 4.78 is 5.82. The lowest BCUT2D eigenvalue weighted by molar-refractivity contribution is 0.0557. The highest BCUT2D eigenvalue weighted by molar-refractivity contribution is 9.09. The average molecular weight is 324 g/mol. The van der Waals surface area contributed by atoms with Crippen LogP contribution in [0.15, 0.2) is 18.2 Å². The predicted molar refractivity (Wildman–Crippen MR) is 71.7 cm³/mol. The first-order valence-corrected chi connectivity index (χ1v) is 6.99. The zero-order valence-corrected chi connectivity index (χ0v) is 12.0. The second kappa shape index (κ2) is 5.26. The van der Waals surface area contributed by atoms with E-state index in [1.54, 1.807) is 0 Å². The topological polar surface area (TPSA) is 9.23 Å². The molecule has 1 saturated heterocycles. The maximum atomic E-state index is 6.00. The second-order valence-corrected chi connectivity index (χ2v) is 5.94. The van der Waals surface area contributed by atoms with Crippen molar-refractivity contribution in [2.45, 2.75) is 36.8 Å². The van der Waals surface area contributed by atoms with E-state index in [4.69, 9.17) is 27.9 Å². The van der Waals surface area contributed by atoms with Gasteiger partial charge in [-0.1, -0.05) is 45.2 Å². The minimum atomic E-state index is 0.187. The van der Waals surface area contributed by atoms with E-state index in [0.717, 1.165) is 18.4 Å². The van der Waals surface area contributed by atoms with Crippen molar-refractivity contribution in [3.05, 3.63) is 33.8 Å². The normalized spacial score (nSPS) is 27.0. The van der Waals surface area contributed by atoms with Crippen LogP contribution in [0.4, 0.5) is 0 Å². The number of benzene rings is 1. The highest BCUT2D eigenvalue weighted by Gasteiger charge is 2.29. The molecule has 0 saturated carbocycles. The average Bonchev–Trinajstić information content (AvgIpc) is 2.68. The van der Waals surface area contributed by atoms with Gasteiger partial charge >= 0.3 is 0 Å². The molecule has 3 unspecified atom stereocenters. The van der Waals surface area contributed by atoms with Gasteiger partial charge in [-0.15, -0.1) is 0 Å². The van der Waals surface area contributed by atoms with Crippen LogP contribution in [0.1, 0.15) is 30.2 Å². The van der Waals surface area contributed by atoms with Gasteiger partial charge in [-0.2, -0.15) is 0 Å². The summed E-state index contributed by atoms with van der Waals surface area (Å²) in [5.74, 6) is 0. The van der Waals surface area contributed by atoms with Crippen molar-refractivity contribution in [1.82, 2.24) is 0 Å². The molecule has 88 valence electrons.